The van der Waals surface area contributed by atoms with Crippen molar-refractivity contribution >= 4 is 29.5 Å². The van der Waals surface area contributed by atoms with E-state index in [1.54, 1.807) is 16.7 Å². The average molecular weight is 531 g/mol. The summed E-state index contributed by atoms with van der Waals surface area (Å²) in [6.07, 6.45) is 17.2. The lowest BCUT2D eigenvalue weighted by Crippen LogP contribution is -2.59. The Bertz CT molecular complexity index is 947. The van der Waals surface area contributed by atoms with Crippen LogP contribution >= 0.6 is 11.8 Å². The molecule has 0 aromatic rings. The molecular weight excluding hydrogens is 488 g/mol. The maximum absolute atomic E-state index is 14.5. The van der Waals surface area contributed by atoms with Crippen molar-refractivity contribution in [2.75, 3.05) is 19.8 Å². The monoisotopic (exact) mass is 530 g/mol. The summed E-state index contributed by atoms with van der Waals surface area (Å²) in [7, 11) is 0. The molecular formula is C29H42N2O5S. The van der Waals surface area contributed by atoms with Gasteiger partial charge in [-0.25, -0.2) is 0 Å². The van der Waals surface area contributed by atoms with Gasteiger partial charge in [0.2, 0.25) is 11.8 Å². The van der Waals surface area contributed by atoms with Crippen molar-refractivity contribution in [1.82, 2.24) is 9.80 Å². The number of thioether (sulfide) groups is 1. The van der Waals surface area contributed by atoms with E-state index in [1.807, 2.05) is 18.7 Å². The average Bonchev–Trinajstić information content (AvgIpc) is 3.30. The molecule has 3 fully saturated rings. The molecule has 5 rings (SSSR count). The molecule has 4 aliphatic heterocycles. The quantitative estimate of drug-likeness (QED) is 0.431. The van der Waals surface area contributed by atoms with Crippen LogP contribution in [0.5, 0.6) is 0 Å². The highest BCUT2D eigenvalue weighted by Gasteiger charge is 2.72. The summed E-state index contributed by atoms with van der Waals surface area (Å²) in [5, 5.41) is 10.3. The van der Waals surface area contributed by atoms with Crippen LogP contribution < -0.4 is 0 Å². The molecule has 204 valence electrons. The van der Waals surface area contributed by atoms with Crippen LogP contribution in [0.3, 0.4) is 0 Å². The van der Waals surface area contributed by atoms with E-state index in [0.29, 0.717) is 13.2 Å². The first-order valence-corrected chi connectivity index (χ1v) is 15.2. The van der Waals surface area contributed by atoms with Gasteiger partial charge in [0.15, 0.2) is 0 Å². The normalized spacial score (nSPS) is 37.3. The molecule has 0 aromatic heterocycles. The highest BCUT2D eigenvalue weighted by atomic mass is 32.2. The van der Waals surface area contributed by atoms with E-state index in [-0.39, 0.29) is 41.6 Å². The smallest absolute Gasteiger partial charge is 0.311 e. The number of amides is 2. The molecule has 4 heterocycles. The highest BCUT2D eigenvalue weighted by Crippen LogP contribution is 2.61. The van der Waals surface area contributed by atoms with Crippen molar-refractivity contribution < 1.29 is 24.2 Å². The Morgan fingerprint density at radius 1 is 1.11 bits per heavy atom. The number of nitrogens with zero attached hydrogens (tertiary/aromatic N) is 2. The number of carbonyl (C=O) groups is 3. The molecule has 37 heavy (non-hydrogen) atoms. The predicted octanol–water partition coefficient (Wildman–Crippen LogP) is 3.71. The molecule has 1 N–H and O–H groups in total. The zero-order valence-corrected chi connectivity index (χ0v) is 23.0. The summed E-state index contributed by atoms with van der Waals surface area (Å²) in [4.78, 5) is 46.1. The number of hydrogen-bond donors (Lipinski definition) is 1. The lowest BCUT2D eigenvalue weighted by Gasteiger charge is -2.42. The molecule has 1 saturated carbocycles. The molecule has 1 aliphatic carbocycles. The Balaban J connectivity index is 1.61. The minimum atomic E-state index is -0.856. The van der Waals surface area contributed by atoms with Crippen molar-refractivity contribution in [3.05, 3.63) is 24.3 Å². The summed E-state index contributed by atoms with van der Waals surface area (Å²) < 4.78 is 4.85. The molecule has 2 amide bonds. The van der Waals surface area contributed by atoms with Gasteiger partial charge in [-0.1, -0.05) is 63.8 Å². The third-order valence-corrected chi connectivity index (χ3v) is 11.2. The highest BCUT2D eigenvalue weighted by molar-refractivity contribution is 8.02. The maximum Gasteiger partial charge on any atom is 0.311 e. The number of hydrogen-bond acceptors (Lipinski definition) is 6. The third-order valence-electron chi connectivity index (χ3n) is 9.43. The molecule has 0 bridgehead atoms. The summed E-state index contributed by atoms with van der Waals surface area (Å²) >= 11 is 1.59. The second kappa shape index (κ2) is 11.1. The second-order valence-corrected chi connectivity index (χ2v) is 13.0. The number of likely N-dealkylation sites (tertiary alicyclic amines) is 1. The van der Waals surface area contributed by atoms with Gasteiger partial charge in [0, 0.05) is 17.8 Å². The third kappa shape index (κ3) is 4.56. The Morgan fingerprint density at radius 2 is 1.89 bits per heavy atom. The minimum Gasteiger partial charge on any atom is -0.465 e. The molecule has 7 atom stereocenters. The Morgan fingerprint density at radius 3 is 2.62 bits per heavy atom. The zero-order valence-electron chi connectivity index (χ0n) is 22.2. The van der Waals surface area contributed by atoms with Crippen molar-refractivity contribution in [1.29, 1.82) is 0 Å². The van der Waals surface area contributed by atoms with Gasteiger partial charge in [0.25, 0.3) is 0 Å². The van der Waals surface area contributed by atoms with Crippen LogP contribution in [0.25, 0.3) is 0 Å². The van der Waals surface area contributed by atoms with E-state index in [4.69, 9.17) is 4.74 Å². The van der Waals surface area contributed by atoms with E-state index < -0.39 is 28.7 Å². The number of rotatable bonds is 5. The number of carbonyl (C=O) groups excluding carboxylic acids is 3. The first-order valence-electron chi connectivity index (χ1n) is 14.4. The molecule has 0 radical (unpaired) electrons. The first-order chi connectivity index (χ1) is 17.9. The molecule has 5 aliphatic rings. The first kappa shape index (κ1) is 26.8. The van der Waals surface area contributed by atoms with Crippen LogP contribution in [0.4, 0.5) is 0 Å². The lowest BCUT2D eigenvalue weighted by atomic mass is 9.78. The van der Waals surface area contributed by atoms with Crippen molar-refractivity contribution in [2.45, 2.75) is 99.8 Å². The number of aliphatic hydroxyl groups is 1. The van der Waals surface area contributed by atoms with Gasteiger partial charge in [-0.3, -0.25) is 14.4 Å². The van der Waals surface area contributed by atoms with Crippen LogP contribution in [-0.4, -0.2) is 80.6 Å². The number of cyclic esters (lactones) is 1. The number of esters is 1. The second-order valence-electron chi connectivity index (χ2n) is 11.5. The molecule has 7 nitrogen and oxygen atoms in total. The SMILES string of the molecule is CC[C@H](C)[C@H](CO)N1C(=O)[C@@H]2[C@@H]3C(=O)OCCCC/C=C\[C@@H]3S[C@@]23C=CCN(C2CCCCC2)C(=O)C13. The fourth-order valence-corrected chi connectivity index (χ4v) is 9.25. The predicted molar refractivity (Wildman–Crippen MR) is 144 cm³/mol. The standard InChI is InChI=1S/C29H42N2O5S/c1-3-19(2)21(18-32)31-25-27(34)30(20-12-7-6-8-13-20)16-11-15-29(25)24(26(31)33)23-22(37-29)14-9-4-5-10-17-36-28(23)35/h9,11,14-15,19-25,32H,3-8,10,12-13,16-18H2,1-2H3/b14-9-/t19-,21-,22-,23+,24-,25?,29-/m0/s1. The zero-order chi connectivity index (χ0) is 26.2. The van der Waals surface area contributed by atoms with E-state index in [0.717, 1.165) is 51.4 Å². The molecule has 8 heteroatoms. The van der Waals surface area contributed by atoms with Gasteiger partial charge in [0.1, 0.15) is 6.04 Å². The molecule has 1 spiro atoms. The Kier molecular flexibility index (Phi) is 8.06. The van der Waals surface area contributed by atoms with Gasteiger partial charge < -0.3 is 19.6 Å². The van der Waals surface area contributed by atoms with Crippen LogP contribution in [0.1, 0.15) is 71.6 Å². The summed E-state index contributed by atoms with van der Waals surface area (Å²) in [5.41, 5.74) is 0. The number of aliphatic hydroxyl groups excluding tert-OH is 1. The van der Waals surface area contributed by atoms with Crippen LogP contribution in [-0.2, 0) is 19.1 Å². The topological polar surface area (TPSA) is 87.2 Å². The number of allylic oxidation sites excluding steroid dienone is 1. The van der Waals surface area contributed by atoms with Crippen molar-refractivity contribution in [3.63, 3.8) is 0 Å². The van der Waals surface area contributed by atoms with E-state index >= 15 is 0 Å². The van der Waals surface area contributed by atoms with Crippen LogP contribution in [0.2, 0.25) is 0 Å². The summed E-state index contributed by atoms with van der Waals surface area (Å²) in [5.74, 6) is -1.86. The largest absolute Gasteiger partial charge is 0.465 e. The van der Waals surface area contributed by atoms with Gasteiger partial charge in [-0.15, -0.1) is 11.8 Å². The summed E-state index contributed by atoms with van der Waals surface area (Å²) in [6, 6.07) is -1.04. The van der Waals surface area contributed by atoms with Crippen molar-refractivity contribution in [3.8, 4) is 0 Å². The number of ether oxygens (including phenoxy) is 1. The summed E-state index contributed by atoms with van der Waals surface area (Å²) in [6.45, 7) is 4.75. The lowest BCUT2D eigenvalue weighted by molar-refractivity contribution is -0.154. The molecule has 1 unspecified atom stereocenters. The van der Waals surface area contributed by atoms with Crippen molar-refractivity contribution in [2.24, 2.45) is 17.8 Å². The van der Waals surface area contributed by atoms with E-state index in [1.165, 1.54) is 6.42 Å². The fourth-order valence-electron chi connectivity index (χ4n) is 7.27. The molecule has 0 aromatic carbocycles. The molecule has 2 saturated heterocycles. The fraction of sp³-hybridized carbons (Fsp3) is 0.759. The Labute approximate surface area is 225 Å². The van der Waals surface area contributed by atoms with E-state index in [2.05, 4.69) is 24.3 Å². The van der Waals surface area contributed by atoms with Crippen LogP contribution in [0.15, 0.2) is 24.3 Å². The van der Waals surface area contributed by atoms with Gasteiger partial charge in [0.05, 0.1) is 35.8 Å². The van der Waals surface area contributed by atoms with Gasteiger partial charge >= 0.3 is 5.97 Å². The maximum atomic E-state index is 14.5. The minimum absolute atomic E-state index is 0.0182. The Hall–Kier alpha value is -1.80. The van der Waals surface area contributed by atoms with Crippen LogP contribution in [0, 0.1) is 17.8 Å². The van der Waals surface area contributed by atoms with Gasteiger partial charge in [-0.2, -0.15) is 0 Å². The number of fused-ring (bicyclic) bond motifs is 2. The van der Waals surface area contributed by atoms with Gasteiger partial charge in [-0.05, 0) is 38.0 Å². The van der Waals surface area contributed by atoms with E-state index in [9.17, 15) is 19.5 Å².